The van der Waals surface area contributed by atoms with Crippen molar-refractivity contribution in [3.63, 3.8) is 0 Å². The maximum Gasteiger partial charge on any atom is 0.221 e. The molecule has 1 rings (SSSR count). The van der Waals surface area contributed by atoms with Gasteiger partial charge in [0, 0.05) is 19.5 Å². The summed E-state index contributed by atoms with van der Waals surface area (Å²) in [4.78, 5) is 15.0. The molecule has 1 amide bonds. The number of anilines is 1. The predicted molar refractivity (Wildman–Crippen MR) is 65.1 cm³/mol. The molecule has 1 aromatic heterocycles. The SMILES string of the molecule is CC(C)CNC(=O)CCNc1cccc(F)n1. The Morgan fingerprint density at radius 2 is 2.24 bits per heavy atom. The van der Waals surface area contributed by atoms with Crippen molar-refractivity contribution >= 4 is 11.7 Å². The van der Waals surface area contributed by atoms with Gasteiger partial charge in [-0.05, 0) is 18.1 Å². The Labute approximate surface area is 101 Å². The minimum Gasteiger partial charge on any atom is -0.369 e. The number of amides is 1. The fraction of sp³-hybridized carbons (Fsp3) is 0.500. The first kappa shape index (κ1) is 13.4. The monoisotopic (exact) mass is 239 g/mol. The van der Waals surface area contributed by atoms with E-state index in [0.717, 1.165) is 0 Å². The molecule has 0 unspecified atom stereocenters. The van der Waals surface area contributed by atoms with Crippen LogP contribution in [0.2, 0.25) is 0 Å². The molecule has 0 spiro atoms. The number of halogens is 1. The number of nitrogens with one attached hydrogen (secondary N) is 2. The fourth-order valence-electron chi connectivity index (χ4n) is 1.22. The molecule has 94 valence electrons. The van der Waals surface area contributed by atoms with Crippen molar-refractivity contribution in [1.82, 2.24) is 10.3 Å². The first-order valence-corrected chi connectivity index (χ1v) is 5.71. The number of carbonyl (C=O) groups is 1. The molecule has 0 fully saturated rings. The van der Waals surface area contributed by atoms with E-state index < -0.39 is 5.95 Å². The quantitative estimate of drug-likeness (QED) is 0.744. The second-order valence-corrected chi connectivity index (χ2v) is 4.22. The molecule has 0 bridgehead atoms. The van der Waals surface area contributed by atoms with Gasteiger partial charge in [-0.1, -0.05) is 19.9 Å². The van der Waals surface area contributed by atoms with Gasteiger partial charge in [-0.25, -0.2) is 4.98 Å². The van der Waals surface area contributed by atoms with Crippen molar-refractivity contribution in [3.05, 3.63) is 24.1 Å². The molecule has 1 heterocycles. The third-order valence-corrected chi connectivity index (χ3v) is 2.08. The molecular weight excluding hydrogens is 221 g/mol. The summed E-state index contributed by atoms with van der Waals surface area (Å²) in [7, 11) is 0. The Balaban J connectivity index is 2.21. The second kappa shape index (κ2) is 6.83. The van der Waals surface area contributed by atoms with E-state index in [1.165, 1.54) is 6.07 Å². The Bertz CT molecular complexity index is 369. The smallest absolute Gasteiger partial charge is 0.221 e. The van der Waals surface area contributed by atoms with Crippen molar-refractivity contribution in [2.45, 2.75) is 20.3 Å². The van der Waals surface area contributed by atoms with Gasteiger partial charge in [0.15, 0.2) is 0 Å². The van der Waals surface area contributed by atoms with Crippen LogP contribution >= 0.6 is 0 Å². The standard InChI is InChI=1S/C12H18FN3O/c1-9(2)8-15-12(17)6-7-14-11-5-3-4-10(13)16-11/h3-5,9H,6-8H2,1-2H3,(H,14,16)(H,15,17). The summed E-state index contributed by atoms with van der Waals surface area (Å²) in [6.45, 7) is 5.20. The van der Waals surface area contributed by atoms with Crippen molar-refractivity contribution in [1.29, 1.82) is 0 Å². The van der Waals surface area contributed by atoms with E-state index in [9.17, 15) is 9.18 Å². The van der Waals surface area contributed by atoms with Crippen LogP contribution in [0.15, 0.2) is 18.2 Å². The number of carbonyl (C=O) groups excluding carboxylic acids is 1. The summed E-state index contributed by atoms with van der Waals surface area (Å²) in [5.74, 6) is 0.348. The molecule has 2 N–H and O–H groups in total. The Hall–Kier alpha value is -1.65. The first-order chi connectivity index (χ1) is 8.08. The average Bonchev–Trinajstić information content (AvgIpc) is 2.26. The Morgan fingerprint density at radius 1 is 1.47 bits per heavy atom. The van der Waals surface area contributed by atoms with Gasteiger partial charge in [0.05, 0.1) is 0 Å². The lowest BCUT2D eigenvalue weighted by molar-refractivity contribution is -0.120. The van der Waals surface area contributed by atoms with Gasteiger partial charge in [0.25, 0.3) is 0 Å². The molecule has 0 radical (unpaired) electrons. The van der Waals surface area contributed by atoms with Crippen LogP contribution in [0, 0.1) is 11.9 Å². The van der Waals surface area contributed by atoms with Crippen LogP contribution in [0.5, 0.6) is 0 Å². The van der Waals surface area contributed by atoms with Crippen molar-refractivity contribution < 1.29 is 9.18 Å². The van der Waals surface area contributed by atoms with Crippen molar-refractivity contribution in [2.75, 3.05) is 18.4 Å². The summed E-state index contributed by atoms with van der Waals surface area (Å²) in [6, 6.07) is 4.51. The number of rotatable bonds is 6. The van der Waals surface area contributed by atoms with Crippen LogP contribution < -0.4 is 10.6 Å². The van der Waals surface area contributed by atoms with E-state index in [-0.39, 0.29) is 5.91 Å². The molecule has 17 heavy (non-hydrogen) atoms. The maximum atomic E-state index is 12.7. The van der Waals surface area contributed by atoms with Crippen LogP contribution in [0.1, 0.15) is 20.3 Å². The van der Waals surface area contributed by atoms with Crippen LogP contribution in [-0.4, -0.2) is 24.0 Å². The summed E-state index contributed by atoms with van der Waals surface area (Å²) in [5, 5.41) is 5.70. The zero-order valence-electron chi connectivity index (χ0n) is 10.2. The molecule has 1 aromatic rings. The lowest BCUT2D eigenvalue weighted by Crippen LogP contribution is -2.28. The summed E-state index contributed by atoms with van der Waals surface area (Å²) >= 11 is 0. The number of hydrogen-bond donors (Lipinski definition) is 2. The highest BCUT2D eigenvalue weighted by atomic mass is 19.1. The molecule has 0 saturated carbocycles. The maximum absolute atomic E-state index is 12.7. The topological polar surface area (TPSA) is 54.0 Å². The van der Waals surface area contributed by atoms with Gasteiger partial charge in [0.1, 0.15) is 5.82 Å². The zero-order valence-corrected chi connectivity index (χ0v) is 10.2. The van der Waals surface area contributed by atoms with Crippen LogP contribution in [0.25, 0.3) is 0 Å². The molecule has 0 aliphatic rings. The summed E-state index contributed by atoms with van der Waals surface area (Å²) in [5.41, 5.74) is 0. The van der Waals surface area contributed by atoms with E-state index in [0.29, 0.717) is 31.2 Å². The number of aromatic nitrogens is 1. The molecule has 4 nitrogen and oxygen atoms in total. The van der Waals surface area contributed by atoms with Crippen LogP contribution in [0.4, 0.5) is 10.2 Å². The van der Waals surface area contributed by atoms with Gasteiger partial charge >= 0.3 is 0 Å². The van der Waals surface area contributed by atoms with E-state index in [4.69, 9.17) is 0 Å². The largest absolute Gasteiger partial charge is 0.369 e. The van der Waals surface area contributed by atoms with Gasteiger partial charge in [-0.3, -0.25) is 4.79 Å². The van der Waals surface area contributed by atoms with E-state index in [1.54, 1.807) is 12.1 Å². The molecule has 0 aliphatic heterocycles. The first-order valence-electron chi connectivity index (χ1n) is 5.71. The molecule has 0 saturated heterocycles. The van der Waals surface area contributed by atoms with E-state index in [2.05, 4.69) is 15.6 Å². The Kier molecular flexibility index (Phi) is 5.39. The number of pyridine rings is 1. The Morgan fingerprint density at radius 3 is 2.88 bits per heavy atom. The predicted octanol–water partition coefficient (Wildman–Crippen LogP) is 1.79. The van der Waals surface area contributed by atoms with Gasteiger partial charge in [0.2, 0.25) is 11.9 Å². The molecule has 0 aromatic carbocycles. The molecule has 0 aliphatic carbocycles. The fourth-order valence-corrected chi connectivity index (χ4v) is 1.22. The molecule has 0 atom stereocenters. The third kappa shape index (κ3) is 5.85. The van der Waals surface area contributed by atoms with Gasteiger partial charge < -0.3 is 10.6 Å². The zero-order chi connectivity index (χ0) is 12.7. The second-order valence-electron chi connectivity index (χ2n) is 4.22. The minimum atomic E-state index is -0.528. The number of hydrogen-bond acceptors (Lipinski definition) is 3. The molecule has 5 heteroatoms. The van der Waals surface area contributed by atoms with Crippen LogP contribution in [0.3, 0.4) is 0 Å². The minimum absolute atomic E-state index is 0.0115. The van der Waals surface area contributed by atoms with Gasteiger partial charge in [-0.15, -0.1) is 0 Å². The average molecular weight is 239 g/mol. The summed E-state index contributed by atoms with van der Waals surface area (Å²) in [6.07, 6.45) is 0.352. The lowest BCUT2D eigenvalue weighted by Gasteiger charge is -2.08. The van der Waals surface area contributed by atoms with Crippen LogP contribution in [-0.2, 0) is 4.79 Å². The van der Waals surface area contributed by atoms with E-state index in [1.807, 2.05) is 13.8 Å². The van der Waals surface area contributed by atoms with Crippen molar-refractivity contribution in [3.8, 4) is 0 Å². The normalized spacial score (nSPS) is 10.4. The number of nitrogens with zero attached hydrogens (tertiary/aromatic N) is 1. The highest BCUT2D eigenvalue weighted by Crippen LogP contribution is 2.02. The van der Waals surface area contributed by atoms with Gasteiger partial charge in [-0.2, -0.15) is 4.39 Å². The third-order valence-electron chi connectivity index (χ3n) is 2.08. The lowest BCUT2D eigenvalue weighted by atomic mass is 10.2. The van der Waals surface area contributed by atoms with Crippen molar-refractivity contribution in [2.24, 2.45) is 5.92 Å². The summed E-state index contributed by atoms with van der Waals surface area (Å²) < 4.78 is 12.7. The molecular formula is C12H18FN3O. The highest BCUT2D eigenvalue weighted by Gasteiger charge is 2.02. The highest BCUT2D eigenvalue weighted by molar-refractivity contribution is 5.76. The van der Waals surface area contributed by atoms with E-state index >= 15 is 0 Å².